The second-order valence-corrected chi connectivity index (χ2v) is 5.55. The first-order valence-electron chi connectivity index (χ1n) is 7.72. The molecule has 4 N–H and O–H groups in total. The van der Waals surface area contributed by atoms with Gasteiger partial charge in [-0.3, -0.25) is 19.9 Å². The van der Waals surface area contributed by atoms with E-state index in [2.05, 4.69) is 0 Å². The lowest BCUT2D eigenvalue weighted by Crippen LogP contribution is -2.35. The van der Waals surface area contributed by atoms with Crippen molar-refractivity contribution in [3.05, 3.63) is 24.0 Å². The van der Waals surface area contributed by atoms with Gasteiger partial charge in [-0.25, -0.2) is 9.45 Å². The molecule has 0 aliphatic carbocycles. The molecule has 24 heavy (non-hydrogen) atoms. The summed E-state index contributed by atoms with van der Waals surface area (Å²) in [6.45, 7) is 2.79. The number of aliphatic hydroxyl groups excluding tert-OH is 1. The van der Waals surface area contributed by atoms with Crippen LogP contribution < -0.4 is 15.7 Å². The fourth-order valence-electron chi connectivity index (χ4n) is 2.43. The number of nitrogens with zero attached hydrogens (tertiary/aromatic N) is 3. The number of halogens is 1. The smallest absolute Gasteiger partial charge is 0.243 e. The lowest BCUT2D eigenvalue weighted by Gasteiger charge is -2.24. The summed E-state index contributed by atoms with van der Waals surface area (Å²) in [5.74, 6) is -0.702. The van der Waals surface area contributed by atoms with Crippen molar-refractivity contribution >= 4 is 17.3 Å². The Kier molecular flexibility index (Phi) is 6.32. The first-order chi connectivity index (χ1) is 11.4. The number of anilines is 2. The van der Waals surface area contributed by atoms with Gasteiger partial charge in [0.05, 0.1) is 37.2 Å². The van der Waals surface area contributed by atoms with Crippen LogP contribution in [0.5, 0.6) is 0 Å². The Morgan fingerprint density at radius 1 is 1.50 bits per heavy atom. The van der Waals surface area contributed by atoms with Gasteiger partial charge in [0, 0.05) is 34.1 Å². The molecule has 1 heterocycles. The van der Waals surface area contributed by atoms with Crippen LogP contribution in [0.15, 0.2) is 18.2 Å². The molecule has 8 nitrogen and oxygen atoms in total. The fraction of sp³-hybridized carbons (Fsp3) is 0.533. The van der Waals surface area contributed by atoms with E-state index in [0.29, 0.717) is 25.3 Å². The molecule has 1 aliphatic rings. The number of hydrogen-bond donors (Lipinski definition) is 3. The van der Waals surface area contributed by atoms with Crippen LogP contribution in [0.2, 0.25) is 0 Å². The van der Waals surface area contributed by atoms with Gasteiger partial charge in [0.1, 0.15) is 5.82 Å². The number of rotatable bonds is 5. The molecule has 9 heteroatoms. The summed E-state index contributed by atoms with van der Waals surface area (Å²) in [7, 11) is 0. The highest BCUT2D eigenvalue weighted by Gasteiger charge is 2.20. The maximum atomic E-state index is 14.4. The average molecular weight is 344 g/mol. The predicted octanol–water partition coefficient (Wildman–Crippen LogP) is 0.187. The van der Waals surface area contributed by atoms with E-state index in [0.717, 1.165) is 5.06 Å². The highest BCUT2D eigenvalue weighted by molar-refractivity contribution is 5.72. The summed E-state index contributed by atoms with van der Waals surface area (Å²) in [6, 6.07) is 4.29. The third kappa shape index (κ3) is 4.54. The van der Waals surface area contributed by atoms with Gasteiger partial charge in [-0.1, -0.05) is 0 Å². The number of amides is 1. The Morgan fingerprint density at radius 3 is 2.88 bits per heavy atom. The molecule has 0 saturated carbocycles. The summed E-state index contributed by atoms with van der Waals surface area (Å²) >= 11 is 0. The minimum atomic E-state index is -0.905. The first-order valence-corrected chi connectivity index (χ1v) is 7.72. The molecule has 1 aromatic carbocycles. The molecule has 0 radical (unpaired) electrons. The van der Waals surface area contributed by atoms with Gasteiger partial charge in [0.25, 0.3) is 0 Å². The molecule has 1 aromatic rings. The lowest BCUT2D eigenvalue weighted by atomic mass is 10.2. The maximum Gasteiger partial charge on any atom is 0.243 e. The van der Waals surface area contributed by atoms with E-state index < -0.39 is 11.9 Å². The quantitative estimate of drug-likeness (QED) is 0.655. The molecule has 0 aromatic heterocycles. The molecule has 1 atom stereocenters. The predicted molar refractivity (Wildman–Crippen MR) is 88.3 cm³/mol. The second kappa shape index (κ2) is 8.25. The average Bonchev–Trinajstić information content (AvgIpc) is 2.80. The number of nitrogens with two attached hydrogens (primary N) is 1. The minimum absolute atomic E-state index is 0. The summed E-state index contributed by atoms with van der Waals surface area (Å²) in [5.41, 5.74) is 5.87. The first kappa shape index (κ1) is 18.4. The van der Waals surface area contributed by atoms with Crippen LogP contribution in [0.4, 0.5) is 15.8 Å². The summed E-state index contributed by atoms with van der Waals surface area (Å²) < 4.78 is 14.4. The molecule has 1 aliphatic heterocycles. The van der Waals surface area contributed by atoms with Gasteiger partial charge in [-0.2, -0.15) is 0 Å². The van der Waals surface area contributed by atoms with Crippen molar-refractivity contribution in [3.8, 4) is 0 Å². The molecular formula is C15H25FN4O4. The standard InChI is InChI=1S/C15H23FN4O4.H2/c1-11(21)20-5-4-18(6-7-24-20)15-3-2-12(8-14(15)16)19(23)10-13(22)9-17;/h2-3,8,13,22-23H,4-7,9-10,17H2,1H3;1H/t13-;/m0./s1. The largest absolute Gasteiger partial charge is 0.390 e. The van der Waals surface area contributed by atoms with Gasteiger partial charge >= 0.3 is 0 Å². The van der Waals surface area contributed by atoms with Crippen molar-refractivity contribution in [1.82, 2.24) is 5.06 Å². The molecule has 0 unspecified atom stereocenters. The number of benzene rings is 1. The highest BCUT2D eigenvalue weighted by Crippen LogP contribution is 2.25. The van der Waals surface area contributed by atoms with Crippen LogP contribution in [0, 0.1) is 5.82 Å². The van der Waals surface area contributed by atoms with Crippen LogP contribution in [0.1, 0.15) is 8.35 Å². The highest BCUT2D eigenvalue weighted by atomic mass is 19.1. The van der Waals surface area contributed by atoms with E-state index in [1.165, 1.54) is 18.1 Å². The summed E-state index contributed by atoms with van der Waals surface area (Å²) in [6.07, 6.45) is -0.905. The maximum absolute atomic E-state index is 14.4. The molecule has 1 amide bonds. The third-order valence-electron chi connectivity index (χ3n) is 3.76. The van der Waals surface area contributed by atoms with Crippen LogP contribution in [0.3, 0.4) is 0 Å². The Morgan fingerprint density at radius 2 is 2.25 bits per heavy atom. The number of carbonyl (C=O) groups is 1. The van der Waals surface area contributed by atoms with Crippen LogP contribution in [-0.2, 0) is 9.63 Å². The number of carbonyl (C=O) groups excluding carboxylic acids is 1. The Bertz CT molecular complexity index is 580. The third-order valence-corrected chi connectivity index (χ3v) is 3.76. The van der Waals surface area contributed by atoms with E-state index in [4.69, 9.17) is 10.6 Å². The van der Waals surface area contributed by atoms with Crippen molar-refractivity contribution < 1.29 is 25.8 Å². The van der Waals surface area contributed by atoms with Crippen LogP contribution >= 0.6 is 0 Å². The molecule has 1 fully saturated rings. The zero-order valence-electron chi connectivity index (χ0n) is 13.6. The molecule has 0 bridgehead atoms. The van der Waals surface area contributed by atoms with Gasteiger partial charge in [0.2, 0.25) is 5.91 Å². The summed E-state index contributed by atoms with van der Waals surface area (Å²) in [4.78, 5) is 18.4. The van der Waals surface area contributed by atoms with Crippen molar-refractivity contribution in [1.29, 1.82) is 0 Å². The Balaban J connectivity index is 0.00000312. The van der Waals surface area contributed by atoms with Crippen LogP contribution in [-0.4, -0.2) is 66.7 Å². The van der Waals surface area contributed by atoms with E-state index >= 15 is 0 Å². The van der Waals surface area contributed by atoms with Crippen molar-refractivity contribution in [3.63, 3.8) is 0 Å². The summed E-state index contributed by atoms with van der Waals surface area (Å²) in [5, 5.41) is 21.3. The molecule has 1 saturated heterocycles. The monoisotopic (exact) mass is 344 g/mol. The van der Waals surface area contributed by atoms with Gasteiger partial charge in [-0.05, 0) is 12.1 Å². The van der Waals surface area contributed by atoms with E-state index in [1.807, 2.05) is 0 Å². The van der Waals surface area contributed by atoms with Crippen molar-refractivity contribution in [2.45, 2.75) is 13.0 Å². The van der Waals surface area contributed by atoms with E-state index in [-0.39, 0.29) is 32.7 Å². The Hall–Kier alpha value is -1.94. The molecule has 0 spiro atoms. The zero-order valence-corrected chi connectivity index (χ0v) is 13.6. The van der Waals surface area contributed by atoms with Crippen molar-refractivity contribution in [2.24, 2.45) is 5.73 Å². The second-order valence-electron chi connectivity index (χ2n) is 5.55. The number of hydrogen-bond acceptors (Lipinski definition) is 7. The topological polar surface area (TPSA) is 103 Å². The van der Waals surface area contributed by atoms with Crippen LogP contribution in [0.25, 0.3) is 0 Å². The number of hydroxylamine groups is 3. The SMILES string of the molecule is CC(=O)N1CCN(c2ccc(N(O)C[C@@H](O)CN)cc2F)CCO1.[HH]. The molecule has 2 rings (SSSR count). The fourth-order valence-corrected chi connectivity index (χ4v) is 2.43. The zero-order chi connectivity index (χ0) is 17.7. The van der Waals surface area contributed by atoms with E-state index in [9.17, 15) is 19.5 Å². The van der Waals surface area contributed by atoms with E-state index in [1.54, 1.807) is 17.0 Å². The molecule has 136 valence electrons. The molecular weight excluding hydrogens is 319 g/mol. The van der Waals surface area contributed by atoms with Gasteiger partial charge in [0.15, 0.2) is 0 Å². The normalized spacial score (nSPS) is 16.7. The van der Waals surface area contributed by atoms with Crippen molar-refractivity contribution in [2.75, 3.05) is 49.3 Å². The Labute approximate surface area is 141 Å². The van der Waals surface area contributed by atoms with Gasteiger partial charge in [-0.15, -0.1) is 0 Å². The number of aliphatic hydroxyl groups is 1. The lowest BCUT2D eigenvalue weighted by molar-refractivity contribution is -0.179. The minimum Gasteiger partial charge on any atom is -0.390 e. The van der Waals surface area contributed by atoms with Gasteiger partial charge < -0.3 is 15.7 Å².